The van der Waals surface area contributed by atoms with Crippen molar-refractivity contribution >= 4 is 17.4 Å². The number of Topliss-reactive ketones (excluding diaryl/α,β-unsaturated/α-hetero) is 1. The average molecular weight is 253 g/mol. The zero-order valence-corrected chi connectivity index (χ0v) is 11.7. The van der Waals surface area contributed by atoms with Crippen molar-refractivity contribution < 1.29 is 4.79 Å². The van der Waals surface area contributed by atoms with Crippen LogP contribution in [0.15, 0.2) is 18.2 Å². The zero-order valence-electron chi connectivity index (χ0n) is 10.9. The predicted octanol–water partition coefficient (Wildman–Crippen LogP) is 4.90. The van der Waals surface area contributed by atoms with Gasteiger partial charge in [-0.25, -0.2) is 0 Å². The highest BCUT2D eigenvalue weighted by Gasteiger charge is 2.14. The lowest BCUT2D eigenvalue weighted by Crippen LogP contribution is -2.06. The first kappa shape index (κ1) is 14.2. The summed E-state index contributed by atoms with van der Waals surface area (Å²) in [6.45, 7) is 6.10. The fraction of sp³-hybridized carbons (Fsp3) is 0.533. The summed E-state index contributed by atoms with van der Waals surface area (Å²) in [7, 11) is 0. The highest BCUT2D eigenvalue weighted by molar-refractivity contribution is 6.31. The monoisotopic (exact) mass is 252 g/mol. The minimum absolute atomic E-state index is 0.344. The molecule has 1 atom stereocenters. The number of halogens is 1. The molecule has 0 heterocycles. The van der Waals surface area contributed by atoms with Gasteiger partial charge in [-0.15, -0.1) is 0 Å². The van der Waals surface area contributed by atoms with E-state index >= 15 is 0 Å². The number of carbonyl (C=O) groups excluding carboxylic acids is 1. The summed E-state index contributed by atoms with van der Waals surface area (Å²) in [4.78, 5) is 11.6. The van der Waals surface area contributed by atoms with Crippen LogP contribution in [0.4, 0.5) is 0 Å². The van der Waals surface area contributed by atoms with Crippen molar-refractivity contribution in [3.63, 3.8) is 0 Å². The van der Waals surface area contributed by atoms with Crippen LogP contribution in [0.25, 0.3) is 0 Å². The van der Waals surface area contributed by atoms with Gasteiger partial charge in [-0.3, -0.25) is 4.79 Å². The molecule has 0 aromatic heterocycles. The van der Waals surface area contributed by atoms with E-state index in [-0.39, 0.29) is 0 Å². The molecule has 0 saturated carbocycles. The Morgan fingerprint density at radius 1 is 1.35 bits per heavy atom. The van der Waals surface area contributed by atoms with Crippen molar-refractivity contribution in [2.75, 3.05) is 0 Å². The second-order valence-corrected chi connectivity index (χ2v) is 5.00. The Morgan fingerprint density at radius 3 is 2.59 bits per heavy atom. The second-order valence-electron chi connectivity index (χ2n) is 4.59. The van der Waals surface area contributed by atoms with E-state index in [0.717, 1.165) is 23.4 Å². The summed E-state index contributed by atoms with van der Waals surface area (Å²) in [6.07, 6.45) is 3.45. The van der Waals surface area contributed by atoms with Gasteiger partial charge < -0.3 is 0 Å². The van der Waals surface area contributed by atoms with Gasteiger partial charge in [0.05, 0.1) is 0 Å². The molecule has 0 aliphatic rings. The maximum atomic E-state index is 11.6. The Labute approximate surface area is 109 Å². The predicted molar refractivity (Wildman–Crippen MR) is 73.8 cm³/mol. The Bertz CT molecular complexity index is 385. The van der Waals surface area contributed by atoms with Crippen LogP contribution in [-0.2, 0) is 4.79 Å². The van der Waals surface area contributed by atoms with Gasteiger partial charge >= 0.3 is 0 Å². The Kier molecular flexibility index (Phi) is 5.70. The number of aryl methyl sites for hydroxylation is 1. The number of hydrogen-bond donors (Lipinski definition) is 0. The molecule has 17 heavy (non-hydrogen) atoms. The minimum atomic E-state index is 0.344. The van der Waals surface area contributed by atoms with E-state index in [1.807, 2.05) is 19.9 Å². The van der Waals surface area contributed by atoms with Crippen LogP contribution >= 0.6 is 11.6 Å². The van der Waals surface area contributed by atoms with Crippen LogP contribution in [0.5, 0.6) is 0 Å². The number of ketones is 1. The molecule has 0 spiro atoms. The fourth-order valence-corrected chi connectivity index (χ4v) is 2.19. The molecule has 0 bridgehead atoms. The molecule has 2 heteroatoms. The third kappa shape index (κ3) is 4.16. The zero-order chi connectivity index (χ0) is 12.8. The van der Waals surface area contributed by atoms with E-state index in [1.165, 1.54) is 5.56 Å². The number of carbonyl (C=O) groups is 1. The lowest BCUT2D eigenvalue weighted by atomic mass is 9.88. The quantitative estimate of drug-likeness (QED) is 0.704. The molecule has 0 N–H and O–H groups in total. The van der Waals surface area contributed by atoms with E-state index in [4.69, 9.17) is 11.6 Å². The summed E-state index contributed by atoms with van der Waals surface area (Å²) in [6, 6.07) is 6.11. The average Bonchev–Trinajstić information content (AvgIpc) is 2.32. The first-order valence-electron chi connectivity index (χ1n) is 6.36. The van der Waals surface area contributed by atoms with E-state index in [2.05, 4.69) is 19.1 Å². The summed E-state index contributed by atoms with van der Waals surface area (Å²) in [5.41, 5.74) is 2.34. The molecule has 0 saturated heterocycles. The Morgan fingerprint density at radius 2 is 2.06 bits per heavy atom. The van der Waals surface area contributed by atoms with Gasteiger partial charge in [-0.1, -0.05) is 44.0 Å². The van der Waals surface area contributed by atoms with Gasteiger partial charge in [0.2, 0.25) is 0 Å². The van der Waals surface area contributed by atoms with Gasteiger partial charge in [0, 0.05) is 17.9 Å². The van der Waals surface area contributed by atoms with Gasteiger partial charge in [0.25, 0.3) is 0 Å². The highest BCUT2D eigenvalue weighted by Crippen LogP contribution is 2.28. The minimum Gasteiger partial charge on any atom is -0.300 e. The van der Waals surface area contributed by atoms with Crippen LogP contribution in [0.3, 0.4) is 0 Å². The number of hydrogen-bond acceptors (Lipinski definition) is 1. The molecule has 0 aliphatic carbocycles. The Balaban J connectivity index is 2.88. The smallest absolute Gasteiger partial charge is 0.133 e. The van der Waals surface area contributed by atoms with E-state index in [9.17, 15) is 4.79 Å². The van der Waals surface area contributed by atoms with Gasteiger partial charge in [0.1, 0.15) is 5.78 Å². The van der Waals surface area contributed by atoms with Gasteiger partial charge in [-0.2, -0.15) is 0 Å². The largest absolute Gasteiger partial charge is 0.300 e. The van der Waals surface area contributed by atoms with Crippen LogP contribution in [0.2, 0.25) is 5.02 Å². The molecular formula is C15H21ClO. The summed E-state index contributed by atoms with van der Waals surface area (Å²) in [5, 5.41) is 0.797. The topological polar surface area (TPSA) is 17.1 Å². The van der Waals surface area contributed by atoms with E-state index in [0.29, 0.717) is 24.5 Å². The molecule has 94 valence electrons. The van der Waals surface area contributed by atoms with Crippen LogP contribution in [-0.4, -0.2) is 5.78 Å². The van der Waals surface area contributed by atoms with Crippen molar-refractivity contribution in [3.8, 4) is 0 Å². The van der Waals surface area contributed by atoms with Crippen LogP contribution in [0.1, 0.15) is 56.6 Å². The lowest BCUT2D eigenvalue weighted by Gasteiger charge is -2.16. The molecule has 0 fully saturated rings. The van der Waals surface area contributed by atoms with Crippen LogP contribution in [0, 0.1) is 6.92 Å². The molecule has 0 amide bonds. The first-order valence-corrected chi connectivity index (χ1v) is 6.74. The molecular weight excluding hydrogens is 232 g/mol. The summed E-state index contributed by atoms with van der Waals surface area (Å²) in [5.74, 6) is 0.694. The summed E-state index contributed by atoms with van der Waals surface area (Å²) < 4.78 is 0. The maximum absolute atomic E-state index is 11.6. The highest BCUT2D eigenvalue weighted by atomic mass is 35.5. The van der Waals surface area contributed by atoms with E-state index in [1.54, 1.807) is 0 Å². The molecule has 1 aromatic carbocycles. The van der Waals surface area contributed by atoms with E-state index < -0.39 is 0 Å². The fourth-order valence-electron chi connectivity index (χ4n) is 2.08. The normalized spacial score (nSPS) is 12.5. The lowest BCUT2D eigenvalue weighted by molar-refractivity contribution is -0.119. The standard InChI is InChI=1S/C15H21ClO/c1-4-6-12(10-14(17)5-2)13-7-8-15(16)11(3)9-13/h7-9,12H,4-6,10H2,1-3H3. The van der Waals surface area contributed by atoms with Crippen molar-refractivity contribution in [2.24, 2.45) is 0 Å². The molecule has 1 aromatic rings. The van der Waals surface area contributed by atoms with Crippen LogP contribution < -0.4 is 0 Å². The third-order valence-electron chi connectivity index (χ3n) is 3.16. The molecule has 1 rings (SSSR count). The third-order valence-corrected chi connectivity index (χ3v) is 3.58. The molecule has 0 aliphatic heterocycles. The van der Waals surface area contributed by atoms with Crippen molar-refractivity contribution in [2.45, 2.75) is 52.4 Å². The summed E-state index contributed by atoms with van der Waals surface area (Å²) >= 11 is 6.03. The van der Waals surface area contributed by atoms with Crippen molar-refractivity contribution in [1.82, 2.24) is 0 Å². The molecule has 1 nitrogen and oxygen atoms in total. The van der Waals surface area contributed by atoms with Gasteiger partial charge in [0.15, 0.2) is 0 Å². The maximum Gasteiger partial charge on any atom is 0.133 e. The van der Waals surface area contributed by atoms with Gasteiger partial charge in [-0.05, 0) is 36.5 Å². The van der Waals surface area contributed by atoms with Crippen molar-refractivity contribution in [1.29, 1.82) is 0 Å². The molecule has 0 radical (unpaired) electrons. The number of benzene rings is 1. The molecule has 1 unspecified atom stereocenters. The first-order chi connectivity index (χ1) is 8.08. The Hall–Kier alpha value is -0.820. The van der Waals surface area contributed by atoms with Crippen molar-refractivity contribution in [3.05, 3.63) is 34.3 Å². The second kappa shape index (κ2) is 6.80. The SMILES string of the molecule is CCCC(CC(=O)CC)c1ccc(Cl)c(C)c1. The number of rotatable bonds is 6.